The molecule has 2 aliphatic heterocycles. The Morgan fingerprint density at radius 3 is 2.42 bits per heavy atom. The Labute approximate surface area is 148 Å². The molecule has 0 radical (unpaired) electrons. The minimum absolute atomic E-state index is 0.431. The highest BCUT2D eigenvalue weighted by atomic mass is 16.5. The predicted octanol–water partition coefficient (Wildman–Crippen LogP) is 0.946. The predicted molar refractivity (Wildman–Crippen MR) is 101 cm³/mol. The number of nitrogens with zero attached hydrogens (tertiary/aromatic N) is 4. The van der Waals surface area contributed by atoms with Gasteiger partial charge in [-0.05, 0) is 32.7 Å². The van der Waals surface area contributed by atoms with E-state index in [1.54, 1.807) is 0 Å². The zero-order valence-electron chi connectivity index (χ0n) is 16.1. The second kappa shape index (κ2) is 10.2. The van der Waals surface area contributed by atoms with E-state index in [-0.39, 0.29) is 0 Å². The van der Waals surface area contributed by atoms with E-state index in [0.717, 1.165) is 45.0 Å². The van der Waals surface area contributed by atoms with Crippen LogP contribution in [0.15, 0.2) is 4.99 Å². The Hall–Kier alpha value is -0.850. The van der Waals surface area contributed by atoms with Crippen molar-refractivity contribution in [3.8, 4) is 0 Å². The van der Waals surface area contributed by atoms with E-state index in [2.05, 4.69) is 45.9 Å². The van der Waals surface area contributed by atoms with Gasteiger partial charge in [0.25, 0.3) is 0 Å². The highest BCUT2D eigenvalue weighted by molar-refractivity contribution is 5.79. The largest absolute Gasteiger partial charge is 0.378 e. The molecule has 0 aromatic rings. The average molecular weight is 340 g/mol. The summed E-state index contributed by atoms with van der Waals surface area (Å²) in [5, 5.41) is 3.58. The summed E-state index contributed by atoms with van der Waals surface area (Å²) in [6.07, 6.45) is 2.64. The molecule has 2 saturated heterocycles. The molecule has 1 unspecified atom stereocenters. The van der Waals surface area contributed by atoms with Crippen LogP contribution in [0.25, 0.3) is 0 Å². The third-order valence-electron chi connectivity index (χ3n) is 5.13. The molecule has 2 rings (SSSR count). The zero-order valence-corrected chi connectivity index (χ0v) is 16.1. The second-order valence-corrected chi connectivity index (χ2v) is 7.28. The number of hydrogen-bond acceptors (Lipinski definition) is 4. The Morgan fingerprint density at radius 1 is 1.17 bits per heavy atom. The smallest absolute Gasteiger partial charge is 0.193 e. The summed E-state index contributed by atoms with van der Waals surface area (Å²) in [5.74, 6) is 1.68. The number of likely N-dealkylation sites (N-methyl/N-ethyl adjacent to an activating group) is 1. The average Bonchev–Trinajstić information content (AvgIpc) is 2.59. The van der Waals surface area contributed by atoms with Crippen LogP contribution in [0.4, 0.5) is 0 Å². The van der Waals surface area contributed by atoms with Crippen LogP contribution in [0.5, 0.6) is 0 Å². The normalized spacial score (nSPS) is 23.5. The number of likely N-dealkylation sites (tertiary alicyclic amines) is 1. The molecule has 140 valence electrons. The van der Waals surface area contributed by atoms with Gasteiger partial charge in [-0.3, -0.25) is 4.99 Å². The van der Waals surface area contributed by atoms with E-state index in [1.165, 1.54) is 32.7 Å². The molecule has 2 aliphatic rings. The SMILES string of the molecule is CCOC1CCN(C(=NC)NCC(C)CN2CCN(C)CC2)CC1. The fraction of sp³-hybridized carbons (Fsp3) is 0.944. The van der Waals surface area contributed by atoms with Crippen molar-refractivity contribution in [1.29, 1.82) is 0 Å². The summed E-state index contributed by atoms with van der Waals surface area (Å²) in [4.78, 5) is 11.9. The van der Waals surface area contributed by atoms with Gasteiger partial charge in [0.2, 0.25) is 0 Å². The van der Waals surface area contributed by atoms with E-state index in [1.807, 2.05) is 7.05 Å². The fourth-order valence-corrected chi connectivity index (χ4v) is 3.60. The van der Waals surface area contributed by atoms with Gasteiger partial charge in [-0.1, -0.05) is 6.92 Å². The van der Waals surface area contributed by atoms with Crippen LogP contribution < -0.4 is 5.32 Å². The molecule has 0 spiro atoms. The highest BCUT2D eigenvalue weighted by Gasteiger charge is 2.22. The maximum atomic E-state index is 5.74. The maximum absolute atomic E-state index is 5.74. The lowest BCUT2D eigenvalue weighted by Gasteiger charge is -2.35. The summed E-state index contributed by atoms with van der Waals surface area (Å²) >= 11 is 0. The van der Waals surface area contributed by atoms with Gasteiger partial charge in [0, 0.05) is 66.0 Å². The van der Waals surface area contributed by atoms with Crippen molar-refractivity contribution in [1.82, 2.24) is 20.0 Å². The minimum atomic E-state index is 0.431. The second-order valence-electron chi connectivity index (χ2n) is 7.28. The number of rotatable bonds is 6. The van der Waals surface area contributed by atoms with Gasteiger partial charge >= 0.3 is 0 Å². The molecule has 0 bridgehead atoms. The van der Waals surface area contributed by atoms with Gasteiger partial charge in [-0.15, -0.1) is 0 Å². The summed E-state index contributed by atoms with van der Waals surface area (Å²) in [6.45, 7) is 14.2. The third-order valence-corrected chi connectivity index (χ3v) is 5.13. The number of aliphatic imine (C=N–C) groups is 1. The Balaban J connectivity index is 1.67. The van der Waals surface area contributed by atoms with Crippen LogP contribution in [-0.4, -0.2) is 99.8 Å². The molecule has 0 amide bonds. The first-order valence-corrected chi connectivity index (χ1v) is 9.60. The van der Waals surface area contributed by atoms with Crippen LogP contribution in [-0.2, 0) is 4.74 Å². The molecule has 0 saturated carbocycles. The zero-order chi connectivity index (χ0) is 17.4. The highest BCUT2D eigenvalue weighted by Crippen LogP contribution is 2.13. The van der Waals surface area contributed by atoms with E-state index < -0.39 is 0 Å². The molecule has 2 heterocycles. The number of nitrogens with one attached hydrogen (secondary N) is 1. The molecule has 2 fully saturated rings. The van der Waals surface area contributed by atoms with Crippen molar-refractivity contribution < 1.29 is 4.74 Å². The molecule has 0 aromatic carbocycles. The summed E-state index contributed by atoms with van der Waals surface area (Å²) < 4.78 is 5.74. The number of piperazine rings is 1. The monoisotopic (exact) mass is 339 g/mol. The van der Waals surface area contributed by atoms with E-state index >= 15 is 0 Å². The Bertz CT molecular complexity index is 374. The Morgan fingerprint density at radius 2 is 1.83 bits per heavy atom. The Kier molecular flexibility index (Phi) is 8.29. The summed E-state index contributed by atoms with van der Waals surface area (Å²) in [7, 11) is 4.10. The summed E-state index contributed by atoms with van der Waals surface area (Å²) in [5.41, 5.74) is 0. The van der Waals surface area contributed by atoms with Crippen LogP contribution in [0.3, 0.4) is 0 Å². The van der Waals surface area contributed by atoms with Crippen molar-refractivity contribution in [2.24, 2.45) is 10.9 Å². The van der Waals surface area contributed by atoms with Crippen LogP contribution in [0, 0.1) is 5.92 Å². The van der Waals surface area contributed by atoms with Crippen molar-refractivity contribution >= 4 is 5.96 Å². The number of piperidine rings is 1. The van der Waals surface area contributed by atoms with E-state index in [0.29, 0.717) is 12.0 Å². The lowest BCUT2D eigenvalue weighted by molar-refractivity contribution is 0.0263. The van der Waals surface area contributed by atoms with Gasteiger partial charge in [0.05, 0.1) is 6.10 Å². The molecule has 0 aromatic heterocycles. The van der Waals surface area contributed by atoms with E-state index in [4.69, 9.17) is 4.74 Å². The van der Waals surface area contributed by atoms with Gasteiger partial charge in [-0.25, -0.2) is 0 Å². The van der Waals surface area contributed by atoms with E-state index in [9.17, 15) is 0 Å². The number of guanidine groups is 1. The first-order chi connectivity index (χ1) is 11.6. The number of hydrogen-bond donors (Lipinski definition) is 1. The molecule has 24 heavy (non-hydrogen) atoms. The lowest BCUT2D eigenvalue weighted by Crippen LogP contribution is -2.49. The summed E-state index contributed by atoms with van der Waals surface area (Å²) in [6, 6.07) is 0. The first-order valence-electron chi connectivity index (χ1n) is 9.60. The molecular weight excluding hydrogens is 302 g/mol. The number of ether oxygens (including phenoxy) is 1. The van der Waals surface area contributed by atoms with Crippen molar-refractivity contribution in [3.63, 3.8) is 0 Å². The third kappa shape index (κ3) is 6.22. The van der Waals surface area contributed by atoms with Crippen molar-refractivity contribution in [2.75, 3.05) is 73.1 Å². The lowest BCUT2D eigenvalue weighted by atomic mass is 10.1. The standard InChI is InChI=1S/C18H37N5O/c1-5-24-17-6-8-23(9-7-17)18(19-3)20-14-16(2)15-22-12-10-21(4)11-13-22/h16-17H,5-15H2,1-4H3,(H,19,20). The van der Waals surface area contributed by atoms with Crippen molar-refractivity contribution in [3.05, 3.63) is 0 Å². The first kappa shape index (κ1) is 19.5. The topological polar surface area (TPSA) is 43.3 Å². The molecule has 6 nitrogen and oxygen atoms in total. The van der Waals surface area contributed by atoms with Crippen molar-refractivity contribution in [2.45, 2.75) is 32.8 Å². The van der Waals surface area contributed by atoms with Crippen LogP contribution in [0.2, 0.25) is 0 Å². The van der Waals surface area contributed by atoms with Gasteiger partial charge in [0.15, 0.2) is 5.96 Å². The molecule has 1 atom stereocenters. The minimum Gasteiger partial charge on any atom is -0.378 e. The quantitative estimate of drug-likeness (QED) is 0.576. The fourth-order valence-electron chi connectivity index (χ4n) is 3.60. The van der Waals surface area contributed by atoms with Crippen LogP contribution >= 0.6 is 0 Å². The molecular formula is C18H37N5O. The van der Waals surface area contributed by atoms with Gasteiger partial charge < -0.3 is 24.8 Å². The maximum Gasteiger partial charge on any atom is 0.193 e. The molecule has 0 aliphatic carbocycles. The van der Waals surface area contributed by atoms with Gasteiger partial charge in [-0.2, -0.15) is 0 Å². The van der Waals surface area contributed by atoms with Crippen LogP contribution in [0.1, 0.15) is 26.7 Å². The van der Waals surface area contributed by atoms with Gasteiger partial charge in [0.1, 0.15) is 0 Å². The molecule has 1 N–H and O–H groups in total. The molecule has 6 heteroatoms.